The van der Waals surface area contributed by atoms with Gasteiger partial charge >= 0.3 is 0 Å². The molecular weight excluding hydrogens is 289 g/mol. The molecule has 1 N–H and O–H groups in total. The predicted molar refractivity (Wildman–Crippen MR) is 64.0 cm³/mol. The predicted octanol–water partition coefficient (Wildman–Crippen LogP) is 1.62. The first-order valence-corrected chi connectivity index (χ1v) is 6.00. The van der Waals surface area contributed by atoms with Crippen LogP contribution in [0.1, 0.15) is 18.5 Å². The number of hydrogen-bond acceptors (Lipinski definition) is 3. The highest BCUT2D eigenvalue weighted by atomic mass is 127. The first-order chi connectivity index (χ1) is 6.81. The monoisotopic (exact) mass is 303 g/mol. The molecule has 1 aliphatic carbocycles. The van der Waals surface area contributed by atoms with Crippen LogP contribution in [0, 0.1) is 9.49 Å². The van der Waals surface area contributed by atoms with Crippen LogP contribution in [0.4, 0.5) is 0 Å². The minimum absolute atomic E-state index is 0.596. The number of likely N-dealkylation sites (N-methyl/N-ethyl adjacent to an activating group) is 1. The van der Waals surface area contributed by atoms with E-state index in [0.717, 1.165) is 12.3 Å². The number of aromatic nitrogens is 2. The quantitative estimate of drug-likeness (QED) is 0.859. The maximum atomic E-state index is 4.32. The molecule has 0 spiro atoms. The van der Waals surface area contributed by atoms with Crippen molar-refractivity contribution in [3.8, 4) is 0 Å². The van der Waals surface area contributed by atoms with Gasteiger partial charge in [-0.2, -0.15) is 0 Å². The van der Waals surface area contributed by atoms with E-state index in [1.807, 2.05) is 13.2 Å². The average molecular weight is 303 g/mol. The van der Waals surface area contributed by atoms with Crippen molar-refractivity contribution in [1.29, 1.82) is 0 Å². The van der Waals surface area contributed by atoms with Crippen molar-refractivity contribution < 1.29 is 0 Å². The van der Waals surface area contributed by atoms with Crippen molar-refractivity contribution in [3.05, 3.63) is 21.8 Å². The van der Waals surface area contributed by atoms with Gasteiger partial charge < -0.3 is 5.32 Å². The summed E-state index contributed by atoms with van der Waals surface area (Å²) in [7, 11) is 2.04. The van der Waals surface area contributed by atoms with E-state index >= 15 is 0 Å². The van der Waals surface area contributed by atoms with Crippen LogP contribution in [0.15, 0.2) is 12.5 Å². The Hall–Kier alpha value is -0.230. The average Bonchev–Trinajstić information content (AvgIpc) is 3.00. The highest BCUT2D eigenvalue weighted by molar-refractivity contribution is 14.1. The van der Waals surface area contributed by atoms with E-state index in [1.54, 1.807) is 6.33 Å². The molecule has 1 aromatic heterocycles. The van der Waals surface area contributed by atoms with E-state index in [-0.39, 0.29) is 0 Å². The summed E-state index contributed by atoms with van der Waals surface area (Å²) in [6, 6.07) is 0.596. The summed E-state index contributed by atoms with van der Waals surface area (Å²) in [4.78, 5) is 8.32. The highest BCUT2D eigenvalue weighted by Crippen LogP contribution is 2.33. The molecular formula is C10H14IN3. The summed E-state index contributed by atoms with van der Waals surface area (Å²) < 4.78 is 1.17. The summed E-state index contributed by atoms with van der Waals surface area (Å²) >= 11 is 2.30. The standard InChI is InChI=1S/C10H14IN3/c1-12-9(7-2-3-7)4-10-8(11)5-13-6-14-10/h5-7,9,12H,2-4H2,1H3. The molecule has 0 bridgehead atoms. The molecule has 1 aromatic rings. The number of nitrogens with zero attached hydrogens (tertiary/aromatic N) is 2. The Morgan fingerprint density at radius 2 is 2.43 bits per heavy atom. The topological polar surface area (TPSA) is 37.8 Å². The third kappa shape index (κ3) is 2.42. The van der Waals surface area contributed by atoms with Gasteiger partial charge in [-0.1, -0.05) is 0 Å². The fourth-order valence-electron chi connectivity index (χ4n) is 1.70. The number of hydrogen-bond donors (Lipinski definition) is 1. The maximum absolute atomic E-state index is 4.32. The lowest BCUT2D eigenvalue weighted by atomic mass is 10.1. The zero-order valence-corrected chi connectivity index (χ0v) is 10.4. The molecule has 0 aliphatic heterocycles. The van der Waals surface area contributed by atoms with Gasteiger partial charge in [0, 0.05) is 18.7 Å². The SMILES string of the molecule is CNC(Cc1ncncc1I)C1CC1. The molecule has 1 aliphatic rings. The Labute approximate surface area is 97.9 Å². The summed E-state index contributed by atoms with van der Waals surface area (Å²) in [6.07, 6.45) is 7.28. The minimum atomic E-state index is 0.596. The normalized spacial score (nSPS) is 18.1. The Kier molecular flexibility index (Phi) is 3.33. The van der Waals surface area contributed by atoms with Crippen molar-refractivity contribution in [1.82, 2.24) is 15.3 Å². The molecule has 1 atom stereocenters. The second-order valence-corrected chi connectivity index (χ2v) is 4.92. The molecule has 4 heteroatoms. The van der Waals surface area contributed by atoms with Crippen LogP contribution in [-0.2, 0) is 6.42 Å². The minimum Gasteiger partial charge on any atom is -0.316 e. The van der Waals surface area contributed by atoms with Crippen molar-refractivity contribution in [2.75, 3.05) is 7.05 Å². The van der Waals surface area contributed by atoms with Crippen molar-refractivity contribution >= 4 is 22.6 Å². The Morgan fingerprint density at radius 3 is 3.00 bits per heavy atom. The van der Waals surface area contributed by atoms with Crippen molar-refractivity contribution in [2.24, 2.45) is 5.92 Å². The molecule has 0 radical (unpaired) electrons. The van der Waals surface area contributed by atoms with E-state index in [9.17, 15) is 0 Å². The van der Waals surface area contributed by atoms with Gasteiger partial charge in [0.25, 0.3) is 0 Å². The molecule has 14 heavy (non-hydrogen) atoms. The Morgan fingerprint density at radius 1 is 1.64 bits per heavy atom. The van der Waals surface area contributed by atoms with Crippen LogP contribution in [-0.4, -0.2) is 23.1 Å². The lowest BCUT2D eigenvalue weighted by Gasteiger charge is -2.14. The molecule has 2 rings (SSSR count). The summed E-state index contributed by atoms with van der Waals surface area (Å²) in [5, 5.41) is 3.38. The maximum Gasteiger partial charge on any atom is 0.115 e. The third-order valence-electron chi connectivity index (χ3n) is 2.72. The van der Waals surface area contributed by atoms with E-state index in [1.165, 1.54) is 22.1 Å². The molecule has 76 valence electrons. The van der Waals surface area contributed by atoms with Gasteiger partial charge in [-0.05, 0) is 48.4 Å². The van der Waals surface area contributed by atoms with Gasteiger partial charge in [-0.3, -0.25) is 0 Å². The van der Waals surface area contributed by atoms with Crippen LogP contribution in [0.25, 0.3) is 0 Å². The van der Waals surface area contributed by atoms with Crippen molar-refractivity contribution in [2.45, 2.75) is 25.3 Å². The summed E-state index contributed by atoms with van der Waals surface area (Å²) in [5.41, 5.74) is 1.17. The third-order valence-corrected chi connectivity index (χ3v) is 3.62. The smallest absolute Gasteiger partial charge is 0.115 e. The van der Waals surface area contributed by atoms with E-state index in [0.29, 0.717) is 6.04 Å². The van der Waals surface area contributed by atoms with Crippen molar-refractivity contribution in [3.63, 3.8) is 0 Å². The van der Waals surface area contributed by atoms with Gasteiger partial charge in [0.1, 0.15) is 6.33 Å². The lowest BCUT2D eigenvalue weighted by Crippen LogP contribution is -2.30. The molecule has 3 nitrogen and oxygen atoms in total. The molecule has 0 saturated heterocycles. The zero-order valence-electron chi connectivity index (χ0n) is 8.20. The summed E-state index contributed by atoms with van der Waals surface area (Å²) in [6.45, 7) is 0. The molecule has 1 heterocycles. The Bertz CT molecular complexity index is 312. The first-order valence-electron chi connectivity index (χ1n) is 4.93. The fourth-order valence-corrected chi connectivity index (χ4v) is 2.22. The van der Waals surface area contributed by atoms with Gasteiger partial charge in [0.15, 0.2) is 0 Å². The van der Waals surface area contributed by atoms with Crippen LogP contribution in [0.3, 0.4) is 0 Å². The Balaban J connectivity index is 2.04. The number of halogens is 1. The molecule has 1 fully saturated rings. The van der Waals surface area contributed by atoms with Gasteiger partial charge in [-0.15, -0.1) is 0 Å². The van der Waals surface area contributed by atoms with Gasteiger partial charge in [0.2, 0.25) is 0 Å². The summed E-state index contributed by atoms with van der Waals surface area (Å²) in [5.74, 6) is 0.866. The van der Waals surface area contributed by atoms with Gasteiger partial charge in [0.05, 0.1) is 9.26 Å². The molecule has 1 saturated carbocycles. The van der Waals surface area contributed by atoms with Gasteiger partial charge in [-0.25, -0.2) is 9.97 Å². The molecule has 1 unspecified atom stereocenters. The number of nitrogens with one attached hydrogen (secondary N) is 1. The first kappa shape index (κ1) is 10.3. The molecule has 0 aromatic carbocycles. The second kappa shape index (κ2) is 4.53. The van der Waals surface area contributed by atoms with E-state index in [2.05, 4.69) is 37.9 Å². The second-order valence-electron chi connectivity index (χ2n) is 3.75. The fraction of sp³-hybridized carbons (Fsp3) is 0.600. The lowest BCUT2D eigenvalue weighted by molar-refractivity contribution is 0.494. The highest BCUT2D eigenvalue weighted by Gasteiger charge is 2.30. The van der Waals surface area contributed by atoms with E-state index in [4.69, 9.17) is 0 Å². The molecule has 0 amide bonds. The largest absolute Gasteiger partial charge is 0.316 e. The number of rotatable bonds is 4. The van der Waals surface area contributed by atoms with Crippen LogP contribution in [0.2, 0.25) is 0 Å². The van der Waals surface area contributed by atoms with Crippen LogP contribution in [0.5, 0.6) is 0 Å². The van der Waals surface area contributed by atoms with Crippen LogP contribution >= 0.6 is 22.6 Å². The zero-order chi connectivity index (χ0) is 9.97. The van der Waals surface area contributed by atoms with E-state index < -0.39 is 0 Å². The van der Waals surface area contributed by atoms with Crippen LogP contribution < -0.4 is 5.32 Å².